The van der Waals surface area contributed by atoms with Crippen molar-refractivity contribution in [1.29, 1.82) is 0 Å². The van der Waals surface area contributed by atoms with Gasteiger partial charge in [0.2, 0.25) is 0 Å². The van der Waals surface area contributed by atoms with Crippen molar-refractivity contribution >= 4 is 34.7 Å². The molecule has 0 radical (unpaired) electrons. The van der Waals surface area contributed by atoms with Crippen LogP contribution in [0.2, 0.25) is 0 Å². The first-order valence-corrected chi connectivity index (χ1v) is 7.75. The highest BCUT2D eigenvalue weighted by Gasteiger charge is 2.15. The summed E-state index contributed by atoms with van der Waals surface area (Å²) in [5.74, 6) is 0.257. The van der Waals surface area contributed by atoms with E-state index in [4.69, 9.17) is 4.52 Å². The highest BCUT2D eigenvalue weighted by atomic mass is 32.1. The van der Waals surface area contributed by atoms with Crippen molar-refractivity contribution in [3.8, 4) is 0 Å². The number of nitrogens with zero attached hydrogens (tertiary/aromatic N) is 1. The van der Waals surface area contributed by atoms with Gasteiger partial charge in [0.1, 0.15) is 11.6 Å². The molecule has 0 aliphatic carbocycles. The maximum atomic E-state index is 13.1. The maximum Gasteiger partial charge on any atom is 0.257 e. The zero-order chi connectivity index (χ0) is 16.2. The van der Waals surface area contributed by atoms with Gasteiger partial charge in [0.05, 0.1) is 0 Å². The number of anilines is 1. The molecule has 1 amide bonds. The molecule has 0 atom stereocenters. The van der Waals surface area contributed by atoms with E-state index in [2.05, 4.69) is 10.5 Å². The molecule has 116 valence electrons. The number of rotatable bonds is 4. The van der Waals surface area contributed by atoms with Gasteiger partial charge < -0.3 is 9.84 Å². The second kappa shape index (κ2) is 6.58. The van der Waals surface area contributed by atoms with Crippen molar-refractivity contribution in [3.63, 3.8) is 0 Å². The quantitative estimate of drug-likeness (QED) is 0.724. The molecule has 3 aromatic rings. The Morgan fingerprint density at radius 2 is 2.09 bits per heavy atom. The Kier molecular flexibility index (Phi) is 4.34. The lowest BCUT2D eigenvalue weighted by atomic mass is 10.0. The van der Waals surface area contributed by atoms with E-state index in [1.54, 1.807) is 31.2 Å². The number of thiophene rings is 1. The Morgan fingerprint density at radius 3 is 2.70 bits per heavy atom. The van der Waals surface area contributed by atoms with Gasteiger partial charge in [-0.05, 0) is 42.1 Å². The van der Waals surface area contributed by atoms with E-state index < -0.39 is 0 Å². The van der Waals surface area contributed by atoms with E-state index in [9.17, 15) is 9.18 Å². The Bertz CT molecular complexity index is 836. The molecule has 0 saturated heterocycles. The van der Waals surface area contributed by atoms with Crippen LogP contribution in [-0.4, -0.2) is 11.1 Å². The lowest BCUT2D eigenvalue weighted by molar-refractivity contribution is -0.111. The van der Waals surface area contributed by atoms with Crippen LogP contribution in [0.15, 0.2) is 52.4 Å². The fourth-order valence-corrected chi connectivity index (χ4v) is 2.69. The third kappa shape index (κ3) is 3.73. The molecule has 0 unspecified atom stereocenters. The topological polar surface area (TPSA) is 55.1 Å². The molecule has 23 heavy (non-hydrogen) atoms. The van der Waals surface area contributed by atoms with Crippen LogP contribution in [0.3, 0.4) is 0 Å². The second-order valence-corrected chi connectivity index (χ2v) is 5.84. The van der Waals surface area contributed by atoms with E-state index in [1.807, 2.05) is 17.5 Å². The predicted molar refractivity (Wildman–Crippen MR) is 88.5 cm³/mol. The minimum atomic E-state index is -0.350. The number of halogens is 1. The van der Waals surface area contributed by atoms with Crippen LogP contribution < -0.4 is 5.32 Å². The van der Waals surface area contributed by atoms with Crippen LogP contribution in [0.1, 0.15) is 16.2 Å². The Hall–Kier alpha value is -2.73. The van der Waals surface area contributed by atoms with Crippen LogP contribution in [0.4, 0.5) is 10.2 Å². The number of carbonyl (C=O) groups excluding carboxylic acids is 1. The van der Waals surface area contributed by atoms with Gasteiger partial charge >= 0.3 is 0 Å². The average molecular weight is 328 g/mol. The van der Waals surface area contributed by atoms with Crippen LogP contribution in [0, 0.1) is 12.7 Å². The van der Waals surface area contributed by atoms with Crippen LogP contribution >= 0.6 is 11.3 Å². The van der Waals surface area contributed by atoms with Crippen molar-refractivity contribution in [2.45, 2.75) is 6.92 Å². The summed E-state index contributed by atoms with van der Waals surface area (Å²) >= 11 is 1.51. The molecule has 2 aromatic heterocycles. The zero-order valence-corrected chi connectivity index (χ0v) is 13.1. The average Bonchev–Trinajstić information content (AvgIpc) is 3.17. The third-order valence-electron chi connectivity index (χ3n) is 3.10. The molecule has 3 rings (SSSR count). The number of hydrogen-bond acceptors (Lipinski definition) is 4. The van der Waals surface area contributed by atoms with E-state index in [1.165, 1.54) is 23.5 Å². The molecule has 0 aliphatic heterocycles. The summed E-state index contributed by atoms with van der Waals surface area (Å²) in [7, 11) is 0. The molecular weight excluding hydrogens is 315 g/mol. The van der Waals surface area contributed by atoms with E-state index in [0.717, 1.165) is 4.88 Å². The fraction of sp³-hybridized carbons (Fsp3) is 0.0588. The molecule has 6 heteroatoms. The standard InChI is InChI=1S/C17H13FN2O2S/c1-11-9-16(20-22-11)19-17(21)15(10-14-3-2-8-23-14)12-4-6-13(18)7-5-12/h2-10H,1H3,(H,19,20,21)/b15-10+. The van der Waals surface area contributed by atoms with Gasteiger partial charge in [-0.25, -0.2) is 4.39 Å². The third-order valence-corrected chi connectivity index (χ3v) is 3.92. The normalized spacial score (nSPS) is 11.5. The van der Waals surface area contributed by atoms with Crippen molar-refractivity contribution in [2.75, 3.05) is 5.32 Å². The summed E-state index contributed by atoms with van der Waals surface area (Å²) in [6, 6.07) is 11.2. The van der Waals surface area contributed by atoms with Crippen molar-refractivity contribution in [1.82, 2.24) is 5.16 Å². The number of aryl methyl sites for hydroxylation is 1. The van der Waals surface area contributed by atoms with Gasteiger partial charge in [-0.2, -0.15) is 0 Å². The molecule has 1 aromatic carbocycles. The SMILES string of the molecule is Cc1cc(NC(=O)/C(=C/c2cccs2)c2ccc(F)cc2)no1. The number of nitrogens with one attached hydrogen (secondary N) is 1. The maximum absolute atomic E-state index is 13.1. The van der Waals surface area contributed by atoms with E-state index in [0.29, 0.717) is 22.7 Å². The molecule has 0 saturated carbocycles. The van der Waals surface area contributed by atoms with Gasteiger partial charge in [0.25, 0.3) is 5.91 Å². The predicted octanol–water partition coefficient (Wildman–Crippen LogP) is 4.36. The molecule has 0 bridgehead atoms. The first-order chi connectivity index (χ1) is 11.1. The number of carbonyl (C=O) groups is 1. The van der Waals surface area contributed by atoms with Gasteiger partial charge in [-0.1, -0.05) is 23.4 Å². The van der Waals surface area contributed by atoms with Gasteiger partial charge in [0.15, 0.2) is 5.82 Å². The summed E-state index contributed by atoms with van der Waals surface area (Å²) in [5.41, 5.74) is 1.05. The Morgan fingerprint density at radius 1 is 1.30 bits per heavy atom. The van der Waals surface area contributed by atoms with Crippen molar-refractivity contribution in [3.05, 3.63) is 69.9 Å². The van der Waals surface area contributed by atoms with E-state index in [-0.39, 0.29) is 11.7 Å². The monoisotopic (exact) mass is 328 g/mol. The van der Waals surface area contributed by atoms with Crippen LogP contribution in [0.25, 0.3) is 11.6 Å². The first kappa shape index (κ1) is 15.2. The largest absolute Gasteiger partial charge is 0.360 e. The van der Waals surface area contributed by atoms with Gasteiger partial charge in [-0.15, -0.1) is 11.3 Å². The smallest absolute Gasteiger partial charge is 0.257 e. The fourth-order valence-electron chi connectivity index (χ4n) is 2.03. The lowest BCUT2D eigenvalue weighted by Crippen LogP contribution is -2.13. The summed E-state index contributed by atoms with van der Waals surface area (Å²) < 4.78 is 18.1. The van der Waals surface area contributed by atoms with Crippen molar-refractivity contribution < 1.29 is 13.7 Å². The molecule has 0 spiro atoms. The Balaban J connectivity index is 1.94. The highest BCUT2D eigenvalue weighted by Crippen LogP contribution is 2.23. The molecule has 4 nitrogen and oxygen atoms in total. The van der Waals surface area contributed by atoms with Crippen LogP contribution in [-0.2, 0) is 4.79 Å². The summed E-state index contributed by atoms with van der Waals surface area (Å²) in [6.07, 6.45) is 1.76. The molecule has 0 fully saturated rings. The van der Waals surface area contributed by atoms with E-state index >= 15 is 0 Å². The summed E-state index contributed by atoms with van der Waals surface area (Å²) in [4.78, 5) is 13.5. The first-order valence-electron chi connectivity index (χ1n) is 6.87. The number of hydrogen-bond donors (Lipinski definition) is 1. The molecular formula is C17H13FN2O2S. The minimum Gasteiger partial charge on any atom is -0.360 e. The van der Waals surface area contributed by atoms with Gasteiger partial charge in [0, 0.05) is 16.5 Å². The second-order valence-electron chi connectivity index (χ2n) is 4.86. The zero-order valence-electron chi connectivity index (χ0n) is 12.2. The highest BCUT2D eigenvalue weighted by molar-refractivity contribution is 7.11. The molecule has 0 aliphatic rings. The number of amides is 1. The van der Waals surface area contributed by atoms with Gasteiger partial charge in [-0.3, -0.25) is 4.79 Å². The Labute approximate surface area is 136 Å². The number of benzene rings is 1. The number of aromatic nitrogens is 1. The molecule has 2 heterocycles. The van der Waals surface area contributed by atoms with Crippen LogP contribution in [0.5, 0.6) is 0 Å². The summed E-state index contributed by atoms with van der Waals surface area (Å²) in [6.45, 7) is 1.74. The molecule has 1 N–H and O–H groups in total. The van der Waals surface area contributed by atoms with Crippen molar-refractivity contribution in [2.24, 2.45) is 0 Å². The summed E-state index contributed by atoms with van der Waals surface area (Å²) in [5, 5.41) is 8.36. The lowest BCUT2D eigenvalue weighted by Gasteiger charge is -2.07. The minimum absolute atomic E-state index is 0.335.